The van der Waals surface area contributed by atoms with Crippen molar-refractivity contribution in [1.82, 2.24) is 15.0 Å². The predicted octanol–water partition coefficient (Wildman–Crippen LogP) is 2.93. The van der Waals surface area contributed by atoms with E-state index in [1.54, 1.807) is 48.8 Å². The molecule has 0 spiro atoms. The maximum atomic E-state index is 13.8. The number of anilines is 1. The second kappa shape index (κ2) is 5.05. The molecule has 2 aromatic heterocycles. The van der Waals surface area contributed by atoms with E-state index in [0.29, 0.717) is 22.9 Å². The Labute approximate surface area is 115 Å². The maximum Gasteiger partial charge on any atom is 0.161 e. The van der Waals surface area contributed by atoms with Crippen LogP contribution in [0.15, 0.2) is 54.9 Å². The molecule has 20 heavy (non-hydrogen) atoms. The van der Waals surface area contributed by atoms with Gasteiger partial charge in [0.05, 0.1) is 5.69 Å². The highest BCUT2D eigenvalue weighted by Crippen LogP contribution is 2.24. The van der Waals surface area contributed by atoms with E-state index in [9.17, 15) is 4.39 Å². The van der Waals surface area contributed by atoms with Gasteiger partial charge in [-0.15, -0.1) is 0 Å². The van der Waals surface area contributed by atoms with Gasteiger partial charge in [0, 0.05) is 23.5 Å². The van der Waals surface area contributed by atoms with E-state index in [0.717, 1.165) is 5.56 Å². The minimum Gasteiger partial charge on any atom is -0.384 e. The second-order valence-corrected chi connectivity index (χ2v) is 4.21. The third-order valence-electron chi connectivity index (χ3n) is 2.85. The summed E-state index contributed by atoms with van der Waals surface area (Å²) >= 11 is 0. The van der Waals surface area contributed by atoms with Crippen molar-refractivity contribution in [1.29, 1.82) is 0 Å². The van der Waals surface area contributed by atoms with Crippen LogP contribution in [0.2, 0.25) is 0 Å². The van der Waals surface area contributed by atoms with Crippen LogP contribution in [0.25, 0.3) is 22.6 Å². The van der Waals surface area contributed by atoms with Crippen LogP contribution in [0.4, 0.5) is 10.2 Å². The van der Waals surface area contributed by atoms with Crippen LogP contribution in [0, 0.1) is 5.82 Å². The van der Waals surface area contributed by atoms with E-state index >= 15 is 0 Å². The van der Waals surface area contributed by atoms with Crippen LogP contribution in [0.3, 0.4) is 0 Å². The molecule has 0 unspecified atom stereocenters. The van der Waals surface area contributed by atoms with Crippen LogP contribution >= 0.6 is 0 Å². The van der Waals surface area contributed by atoms with E-state index in [1.807, 2.05) is 0 Å². The SMILES string of the molecule is Nc1ccnc(-c2ccnc(-c3ccccc3F)c2)n1. The number of hydrogen-bond acceptors (Lipinski definition) is 4. The molecule has 0 aliphatic carbocycles. The predicted molar refractivity (Wildman–Crippen MR) is 75.1 cm³/mol. The fourth-order valence-electron chi connectivity index (χ4n) is 1.90. The molecule has 0 saturated heterocycles. The smallest absolute Gasteiger partial charge is 0.161 e. The number of halogens is 1. The maximum absolute atomic E-state index is 13.8. The molecule has 0 atom stereocenters. The zero-order chi connectivity index (χ0) is 13.9. The first kappa shape index (κ1) is 12.2. The minimum atomic E-state index is -0.314. The summed E-state index contributed by atoms with van der Waals surface area (Å²) < 4.78 is 13.8. The van der Waals surface area contributed by atoms with Crippen molar-refractivity contribution in [2.45, 2.75) is 0 Å². The lowest BCUT2D eigenvalue weighted by Gasteiger charge is -2.05. The lowest BCUT2D eigenvalue weighted by Crippen LogP contribution is -1.95. The molecule has 98 valence electrons. The normalized spacial score (nSPS) is 10.4. The van der Waals surface area contributed by atoms with Crippen LogP contribution in [0.1, 0.15) is 0 Å². The number of pyridine rings is 1. The number of nitrogens with zero attached hydrogens (tertiary/aromatic N) is 3. The summed E-state index contributed by atoms with van der Waals surface area (Å²) in [5.74, 6) is 0.565. The molecule has 0 radical (unpaired) electrons. The van der Waals surface area contributed by atoms with Gasteiger partial charge in [-0.2, -0.15) is 0 Å². The van der Waals surface area contributed by atoms with Gasteiger partial charge in [-0.1, -0.05) is 12.1 Å². The van der Waals surface area contributed by atoms with Crippen molar-refractivity contribution in [3.05, 3.63) is 60.7 Å². The highest BCUT2D eigenvalue weighted by molar-refractivity contribution is 5.67. The summed E-state index contributed by atoms with van der Waals surface area (Å²) in [5.41, 5.74) is 7.36. The number of hydrogen-bond donors (Lipinski definition) is 1. The number of benzene rings is 1. The van der Waals surface area contributed by atoms with Crippen molar-refractivity contribution in [2.24, 2.45) is 0 Å². The lowest BCUT2D eigenvalue weighted by molar-refractivity contribution is 0.631. The molecule has 3 aromatic rings. The summed E-state index contributed by atoms with van der Waals surface area (Å²) in [6.07, 6.45) is 3.19. The Morgan fingerprint density at radius 2 is 1.75 bits per heavy atom. The monoisotopic (exact) mass is 266 g/mol. The third kappa shape index (κ3) is 2.33. The fraction of sp³-hybridized carbons (Fsp3) is 0. The highest BCUT2D eigenvalue weighted by atomic mass is 19.1. The molecule has 0 amide bonds. The Bertz CT molecular complexity index is 758. The average Bonchev–Trinajstić information content (AvgIpc) is 2.48. The van der Waals surface area contributed by atoms with E-state index in [-0.39, 0.29) is 5.82 Å². The van der Waals surface area contributed by atoms with Gasteiger partial charge in [0.25, 0.3) is 0 Å². The number of aromatic nitrogens is 3. The van der Waals surface area contributed by atoms with E-state index < -0.39 is 0 Å². The van der Waals surface area contributed by atoms with Crippen molar-refractivity contribution >= 4 is 5.82 Å². The molecule has 0 aliphatic heterocycles. The van der Waals surface area contributed by atoms with E-state index in [4.69, 9.17) is 5.73 Å². The molecule has 0 bridgehead atoms. The Balaban J connectivity index is 2.09. The number of rotatable bonds is 2. The van der Waals surface area contributed by atoms with Crippen LogP contribution in [0.5, 0.6) is 0 Å². The molecular weight excluding hydrogens is 255 g/mol. The lowest BCUT2D eigenvalue weighted by atomic mass is 10.1. The van der Waals surface area contributed by atoms with Gasteiger partial charge in [-0.25, -0.2) is 14.4 Å². The third-order valence-corrected chi connectivity index (χ3v) is 2.85. The molecule has 2 heterocycles. The summed E-state index contributed by atoms with van der Waals surface area (Å²) in [5, 5.41) is 0. The zero-order valence-corrected chi connectivity index (χ0v) is 10.5. The Morgan fingerprint density at radius 1 is 0.950 bits per heavy atom. The molecule has 0 aliphatic rings. The summed E-state index contributed by atoms with van der Waals surface area (Å²) in [4.78, 5) is 12.5. The molecule has 5 heteroatoms. The first-order valence-corrected chi connectivity index (χ1v) is 6.04. The van der Waals surface area contributed by atoms with Crippen LogP contribution < -0.4 is 5.73 Å². The molecule has 2 N–H and O–H groups in total. The van der Waals surface area contributed by atoms with Gasteiger partial charge in [-0.05, 0) is 30.3 Å². The summed E-state index contributed by atoms with van der Waals surface area (Å²) in [6.45, 7) is 0. The topological polar surface area (TPSA) is 64.7 Å². The van der Waals surface area contributed by atoms with Gasteiger partial charge >= 0.3 is 0 Å². The standard InChI is InChI=1S/C15H11FN4/c16-12-4-2-1-3-11(12)13-9-10(5-7-18-13)15-19-8-6-14(17)20-15/h1-9H,(H2,17,19,20). The second-order valence-electron chi connectivity index (χ2n) is 4.21. The van der Waals surface area contributed by atoms with E-state index in [1.165, 1.54) is 6.07 Å². The van der Waals surface area contributed by atoms with Gasteiger partial charge in [0.15, 0.2) is 5.82 Å². The molecule has 0 saturated carbocycles. The summed E-state index contributed by atoms with van der Waals surface area (Å²) in [7, 11) is 0. The molecule has 1 aromatic carbocycles. The molecule has 3 rings (SSSR count). The van der Waals surface area contributed by atoms with Gasteiger partial charge in [-0.3, -0.25) is 4.98 Å². The quantitative estimate of drug-likeness (QED) is 0.774. The minimum absolute atomic E-state index is 0.314. The van der Waals surface area contributed by atoms with Crippen molar-refractivity contribution in [2.75, 3.05) is 5.73 Å². The van der Waals surface area contributed by atoms with Gasteiger partial charge in [0.2, 0.25) is 0 Å². The largest absolute Gasteiger partial charge is 0.384 e. The highest BCUT2D eigenvalue weighted by Gasteiger charge is 2.08. The average molecular weight is 266 g/mol. The molecule has 0 fully saturated rings. The fourth-order valence-corrected chi connectivity index (χ4v) is 1.90. The number of nitrogen functional groups attached to an aromatic ring is 1. The number of nitrogens with two attached hydrogens (primary N) is 1. The van der Waals surface area contributed by atoms with E-state index in [2.05, 4.69) is 15.0 Å². The Kier molecular flexibility index (Phi) is 3.09. The van der Waals surface area contributed by atoms with Crippen molar-refractivity contribution in [3.8, 4) is 22.6 Å². The van der Waals surface area contributed by atoms with Crippen molar-refractivity contribution < 1.29 is 4.39 Å². The Hall–Kier alpha value is -2.82. The molecular formula is C15H11FN4. The molecule has 4 nitrogen and oxygen atoms in total. The Morgan fingerprint density at radius 3 is 2.55 bits per heavy atom. The van der Waals surface area contributed by atoms with Crippen LogP contribution in [-0.4, -0.2) is 15.0 Å². The van der Waals surface area contributed by atoms with Gasteiger partial charge < -0.3 is 5.73 Å². The summed E-state index contributed by atoms with van der Waals surface area (Å²) in [6, 6.07) is 11.6. The zero-order valence-electron chi connectivity index (χ0n) is 10.5. The first-order valence-electron chi connectivity index (χ1n) is 6.04. The van der Waals surface area contributed by atoms with Crippen LogP contribution in [-0.2, 0) is 0 Å². The first-order chi connectivity index (χ1) is 9.74. The van der Waals surface area contributed by atoms with Gasteiger partial charge in [0.1, 0.15) is 11.6 Å². The van der Waals surface area contributed by atoms with Crippen molar-refractivity contribution in [3.63, 3.8) is 0 Å².